The second kappa shape index (κ2) is 13.4. The van der Waals surface area contributed by atoms with Crippen molar-refractivity contribution in [1.82, 2.24) is 0 Å². The summed E-state index contributed by atoms with van der Waals surface area (Å²) in [5.41, 5.74) is 10.7. The van der Waals surface area contributed by atoms with Crippen LogP contribution in [0.5, 0.6) is 0 Å². The van der Waals surface area contributed by atoms with E-state index in [2.05, 4.69) is 193 Å². The smallest absolute Gasteiger partial charge is 0.0462 e. The number of anilines is 3. The van der Waals surface area contributed by atoms with Gasteiger partial charge in [-0.2, -0.15) is 0 Å². The van der Waals surface area contributed by atoms with Crippen molar-refractivity contribution >= 4 is 91.8 Å². The lowest BCUT2D eigenvalue weighted by Crippen LogP contribution is -2.09. The molecule has 10 aromatic rings. The maximum absolute atomic E-state index is 2.36. The van der Waals surface area contributed by atoms with Gasteiger partial charge in [0.2, 0.25) is 0 Å². The first-order chi connectivity index (χ1) is 26.2. The number of fused-ring (bicyclic) bond motifs is 6. The van der Waals surface area contributed by atoms with Gasteiger partial charge in [-0.05, 0) is 125 Å². The van der Waals surface area contributed by atoms with E-state index in [1.807, 2.05) is 22.7 Å². The third-order valence-electron chi connectivity index (χ3n) is 10.2. The molecule has 8 aromatic carbocycles. The predicted molar refractivity (Wildman–Crippen MR) is 235 cm³/mol. The molecule has 53 heavy (non-hydrogen) atoms. The molecule has 2 aromatic heterocycles. The van der Waals surface area contributed by atoms with Crippen molar-refractivity contribution in [2.45, 2.75) is 4.90 Å². The molecular formula is C49H33NS3. The molecule has 0 aliphatic carbocycles. The first kappa shape index (κ1) is 32.0. The number of hydrogen-bond acceptors (Lipinski definition) is 4. The molecule has 10 rings (SSSR count). The van der Waals surface area contributed by atoms with E-state index in [1.54, 1.807) is 11.8 Å². The van der Waals surface area contributed by atoms with E-state index in [4.69, 9.17) is 0 Å². The Hall–Kier alpha value is -5.65. The van der Waals surface area contributed by atoms with Crippen molar-refractivity contribution in [3.63, 3.8) is 0 Å². The summed E-state index contributed by atoms with van der Waals surface area (Å²) in [5, 5.41) is 5.30. The number of thiophene rings is 2. The number of rotatable bonds is 7. The summed E-state index contributed by atoms with van der Waals surface area (Å²) >= 11 is 5.49. The minimum Gasteiger partial charge on any atom is -0.311 e. The van der Waals surface area contributed by atoms with Crippen LogP contribution in [0.4, 0.5) is 17.1 Å². The molecule has 0 saturated carbocycles. The average Bonchev–Trinajstić information content (AvgIpc) is 3.79. The van der Waals surface area contributed by atoms with Crippen LogP contribution < -0.4 is 4.90 Å². The molecule has 1 nitrogen and oxygen atoms in total. The Morgan fingerprint density at radius 2 is 0.679 bits per heavy atom. The van der Waals surface area contributed by atoms with E-state index in [9.17, 15) is 0 Å². The zero-order valence-corrected chi connectivity index (χ0v) is 31.4. The van der Waals surface area contributed by atoms with Crippen LogP contribution in [-0.4, -0.2) is 6.26 Å². The second-order valence-electron chi connectivity index (χ2n) is 13.3. The lowest BCUT2D eigenvalue weighted by molar-refractivity contribution is 1.28. The van der Waals surface area contributed by atoms with Gasteiger partial charge in [0.05, 0.1) is 0 Å². The van der Waals surface area contributed by atoms with E-state index in [0.717, 1.165) is 17.1 Å². The summed E-state index contributed by atoms with van der Waals surface area (Å²) in [7, 11) is 0. The summed E-state index contributed by atoms with van der Waals surface area (Å²) in [6.45, 7) is 0. The SMILES string of the molecule is CSc1ccc(-c2ccc(N(c3ccc(-c4ccc5sc6ccccc6c5c4)cc3)c3ccc(-c4ccc5sc6ccccc6c5c4)cc3)cc2)cc1. The molecule has 0 atom stereocenters. The standard InChI is InChI=1S/C49H33NS3/c1-51-41-26-16-33(17-27-41)32-10-20-38(21-11-32)50(39-22-12-34(13-23-39)36-18-28-48-44(30-36)42-6-2-4-8-46(42)52-48)40-24-14-35(15-25-40)37-19-29-49-45(31-37)43-7-3-5-9-47(43)53-49/h2-31H,1H3. The largest absolute Gasteiger partial charge is 0.311 e. The second-order valence-corrected chi connectivity index (χ2v) is 16.4. The number of thioether (sulfide) groups is 1. The van der Waals surface area contributed by atoms with Gasteiger partial charge in [-0.25, -0.2) is 0 Å². The molecule has 0 saturated heterocycles. The minimum absolute atomic E-state index is 1.12. The maximum atomic E-state index is 2.36. The van der Waals surface area contributed by atoms with E-state index in [-0.39, 0.29) is 0 Å². The highest BCUT2D eigenvalue weighted by Crippen LogP contribution is 2.41. The number of benzene rings is 8. The number of hydrogen-bond donors (Lipinski definition) is 0. The molecule has 252 valence electrons. The first-order valence-electron chi connectivity index (χ1n) is 17.8. The van der Waals surface area contributed by atoms with Crippen LogP contribution in [0.15, 0.2) is 187 Å². The molecule has 2 heterocycles. The first-order valence-corrected chi connectivity index (χ1v) is 20.6. The monoisotopic (exact) mass is 731 g/mol. The van der Waals surface area contributed by atoms with Gasteiger partial charge >= 0.3 is 0 Å². The fourth-order valence-electron chi connectivity index (χ4n) is 7.45. The highest BCUT2D eigenvalue weighted by Gasteiger charge is 2.15. The molecule has 0 bridgehead atoms. The zero-order valence-electron chi connectivity index (χ0n) is 29.0. The van der Waals surface area contributed by atoms with Gasteiger partial charge in [0, 0.05) is 62.3 Å². The fourth-order valence-corrected chi connectivity index (χ4v) is 10.0. The van der Waals surface area contributed by atoms with Crippen molar-refractivity contribution in [1.29, 1.82) is 0 Å². The molecule has 0 aliphatic heterocycles. The maximum Gasteiger partial charge on any atom is 0.0462 e. The fraction of sp³-hybridized carbons (Fsp3) is 0.0204. The third-order valence-corrected chi connectivity index (χ3v) is 13.3. The average molecular weight is 732 g/mol. The molecule has 0 N–H and O–H groups in total. The summed E-state index contributed by atoms with van der Waals surface area (Å²) in [5.74, 6) is 0. The van der Waals surface area contributed by atoms with Gasteiger partial charge in [0.15, 0.2) is 0 Å². The van der Waals surface area contributed by atoms with Gasteiger partial charge < -0.3 is 4.90 Å². The third kappa shape index (κ3) is 5.90. The quantitative estimate of drug-likeness (QED) is 0.150. The van der Waals surface area contributed by atoms with Crippen molar-refractivity contribution in [2.75, 3.05) is 11.2 Å². The Morgan fingerprint density at radius 3 is 1.09 bits per heavy atom. The van der Waals surface area contributed by atoms with Crippen molar-refractivity contribution in [3.05, 3.63) is 182 Å². The van der Waals surface area contributed by atoms with Crippen LogP contribution in [0.3, 0.4) is 0 Å². The van der Waals surface area contributed by atoms with Gasteiger partial charge in [-0.1, -0.05) is 97.1 Å². The van der Waals surface area contributed by atoms with Crippen LogP contribution in [0.2, 0.25) is 0 Å². The van der Waals surface area contributed by atoms with Crippen LogP contribution in [0, 0.1) is 0 Å². The van der Waals surface area contributed by atoms with Crippen LogP contribution in [-0.2, 0) is 0 Å². The predicted octanol–water partition coefficient (Wildman–Crippen LogP) is 15.6. The van der Waals surface area contributed by atoms with Gasteiger partial charge in [-0.3, -0.25) is 0 Å². The molecule has 0 radical (unpaired) electrons. The van der Waals surface area contributed by atoms with Crippen molar-refractivity contribution in [3.8, 4) is 33.4 Å². The molecule has 0 spiro atoms. The van der Waals surface area contributed by atoms with E-state index in [0.29, 0.717) is 0 Å². The highest BCUT2D eigenvalue weighted by atomic mass is 32.2. The Kier molecular flexibility index (Phi) is 8.10. The minimum atomic E-state index is 1.12. The van der Waals surface area contributed by atoms with Crippen molar-refractivity contribution < 1.29 is 0 Å². The lowest BCUT2D eigenvalue weighted by Gasteiger charge is -2.26. The normalized spacial score (nSPS) is 11.6. The number of nitrogens with zero attached hydrogens (tertiary/aromatic N) is 1. The van der Waals surface area contributed by atoms with Crippen molar-refractivity contribution in [2.24, 2.45) is 0 Å². The van der Waals surface area contributed by atoms with E-state index >= 15 is 0 Å². The van der Waals surface area contributed by atoms with Crippen LogP contribution in [0.1, 0.15) is 0 Å². The molecule has 0 aliphatic rings. The van der Waals surface area contributed by atoms with Crippen LogP contribution >= 0.6 is 34.4 Å². The lowest BCUT2D eigenvalue weighted by atomic mass is 10.0. The molecule has 0 unspecified atom stereocenters. The Labute approximate surface area is 321 Å². The van der Waals surface area contributed by atoms with Gasteiger partial charge in [-0.15, -0.1) is 34.4 Å². The zero-order chi connectivity index (χ0) is 35.3. The molecule has 4 heteroatoms. The van der Waals surface area contributed by atoms with Gasteiger partial charge in [0.25, 0.3) is 0 Å². The summed E-state index contributed by atoms with van der Waals surface area (Å²) in [4.78, 5) is 3.63. The summed E-state index contributed by atoms with van der Waals surface area (Å²) < 4.78 is 5.32. The topological polar surface area (TPSA) is 3.24 Å². The summed E-state index contributed by atoms with van der Waals surface area (Å²) in [6, 6.07) is 67.0. The molecule has 0 fully saturated rings. The summed E-state index contributed by atoms with van der Waals surface area (Å²) in [6.07, 6.45) is 2.12. The Balaban J connectivity index is 1.02. The molecular weight excluding hydrogens is 699 g/mol. The highest BCUT2D eigenvalue weighted by molar-refractivity contribution is 7.98. The molecule has 0 amide bonds. The van der Waals surface area contributed by atoms with Crippen LogP contribution in [0.25, 0.3) is 73.7 Å². The Bertz CT molecular complexity index is 2740. The Morgan fingerprint density at radius 1 is 0.340 bits per heavy atom. The van der Waals surface area contributed by atoms with E-state index < -0.39 is 0 Å². The van der Waals surface area contributed by atoms with E-state index in [1.165, 1.54) is 78.6 Å². The van der Waals surface area contributed by atoms with Gasteiger partial charge in [0.1, 0.15) is 0 Å².